The summed E-state index contributed by atoms with van der Waals surface area (Å²) in [5.41, 5.74) is 7.43. The predicted molar refractivity (Wildman–Crippen MR) is 128 cm³/mol. The van der Waals surface area contributed by atoms with E-state index in [1.807, 2.05) is 19.1 Å². The summed E-state index contributed by atoms with van der Waals surface area (Å²) in [5.74, 6) is -1.21. The first-order chi connectivity index (χ1) is 15.3. The smallest absolute Gasteiger partial charge is 0.269 e. The van der Waals surface area contributed by atoms with E-state index in [0.717, 1.165) is 5.56 Å². The molecule has 0 aliphatic carbocycles. The third-order valence-electron chi connectivity index (χ3n) is 4.43. The van der Waals surface area contributed by atoms with Crippen molar-refractivity contribution in [2.45, 2.75) is 6.92 Å². The lowest BCUT2D eigenvalue weighted by Crippen LogP contribution is -2.48. The third-order valence-corrected chi connectivity index (χ3v) is 4.96. The van der Waals surface area contributed by atoms with Crippen molar-refractivity contribution in [3.8, 4) is 0 Å². The molecule has 0 aromatic heterocycles. The molecular weight excluding hydrogens is 448 g/mol. The minimum absolute atomic E-state index is 0.0922. The Bertz CT molecular complexity index is 1180. The van der Waals surface area contributed by atoms with Gasteiger partial charge in [0.2, 0.25) is 0 Å². The van der Waals surface area contributed by atoms with E-state index in [1.165, 1.54) is 0 Å². The lowest BCUT2D eigenvalue weighted by molar-refractivity contribution is 0.0934. The molecule has 0 bridgehead atoms. The van der Waals surface area contributed by atoms with Gasteiger partial charge in [-0.3, -0.25) is 30.6 Å². The number of hydrogen-bond donors (Lipinski definition) is 4. The topological polar surface area (TPSA) is 99.3 Å². The molecule has 0 aliphatic heterocycles. The van der Waals surface area contributed by atoms with Gasteiger partial charge in [-0.25, -0.2) is 0 Å². The Balaban J connectivity index is 1.52. The number of aryl methyl sites for hydroxylation is 1. The fourth-order valence-electron chi connectivity index (χ4n) is 2.76. The molecule has 162 valence electrons. The van der Waals surface area contributed by atoms with Gasteiger partial charge in [0.1, 0.15) is 0 Å². The average molecular weight is 467 g/mol. The van der Waals surface area contributed by atoms with E-state index in [1.54, 1.807) is 60.7 Å². The first kappa shape index (κ1) is 22.9. The molecule has 0 radical (unpaired) electrons. The Morgan fingerprint density at radius 1 is 0.750 bits per heavy atom. The molecule has 7 nitrogen and oxygen atoms in total. The highest BCUT2D eigenvalue weighted by Gasteiger charge is 2.13. The zero-order chi connectivity index (χ0) is 23.1. The van der Waals surface area contributed by atoms with E-state index in [0.29, 0.717) is 16.8 Å². The maximum atomic E-state index is 12.4. The predicted octanol–water partition coefficient (Wildman–Crippen LogP) is 3.85. The number of carbonyl (C=O) groups excluding carboxylic acids is 3. The van der Waals surface area contributed by atoms with Crippen LogP contribution in [0.25, 0.3) is 0 Å². The Labute approximate surface area is 195 Å². The van der Waals surface area contributed by atoms with Gasteiger partial charge in [-0.05, 0) is 67.2 Å². The normalized spacial score (nSPS) is 10.1. The van der Waals surface area contributed by atoms with Gasteiger partial charge in [-0.1, -0.05) is 41.9 Å². The largest absolute Gasteiger partial charge is 0.322 e. The second-order valence-electron chi connectivity index (χ2n) is 6.69. The van der Waals surface area contributed by atoms with Gasteiger partial charge >= 0.3 is 0 Å². The number of anilines is 1. The summed E-state index contributed by atoms with van der Waals surface area (Å²) in [6.45, 7) is 1.86. The number of nitrogens with one attached hydrogen (secondary N) is 4. The molecule has 3 rings (SSSR count). The van der Waals surface area contributed by atoms with Crippen molar-refractivity contribution < 1.29 is 14.4 Å². The van der Waals surface area contributed by atoms with Gasteiger partial charge in [0.25, 0.3) is 17.7 Å². The Morgan fingerprint density at radius 2 is 1.38 bits per heavy atom. The summed E-state index contributed by atoms with van der Waals surface area (Å²) in [5, 5.41) is 5.41. The summed E-state index contributed by atoms with van der Waals surface area (Å²) < 4.78 is 0. The summed E-state index contributed by atoms with van der Waals surface area (Å²) >= 11 is 11.0. The summed E-state index contributed by atoms with van der Waals surface area (Å²) in [7, 11) is 0. The highest BCUT2D eigenvalue weighted by atomic mass is 35.5. The van der Waals surface area contributed by atoms with Crippen LogP contribution in [0.15, 0.2) is 72.8 Å². The number of rotatable bonds is 4. The molecule has 32 heavy (non-hydrogen) atoms. The molecule has 0 heterocycles. The first-order valence-electron chi connectivity index (χ1n) is 9.48. The van der Waals surface area contributed by atoms with Gasteiger partial charge in [0.15, 0.2) is 5.11 Å². The molecule has 4 N–H and O–H groups in total. The van der Waals surface area contributed by atoms with Crippen LogP contribution in [-0.4, -0.2) is 22.8 Å². The molecule has 0 saturated heterocycles. The number of halogens is 1. The summed E-state index contributed by atoms with van der Waals surface area (Å²) in [6, 6.07) is 20.1. The van der Waals surface area contributed by atoms with Gasteiger partial charge < -0.3 is 5.32 Å². The molecule has 9 heteroatoms. The van der Waals surface area contributed by atoms with Crippen LogP contribution >= 0.6 is 23.8 Å². The quantitative estimate of drug-likeness (QED) is 0.346. The number of carbonyl (C=O) groups is 3. The van der Waals surface area contributed by atoms with Crippen LogP contribution in [-0.2, 0) is 0 Å². The van der Waals surface area contributed by atoms with Gasteiger partial charge in [0, 0.05) is 16.8 Å². The Kier molecular flexibility index (Phi) is 7.54. The first-order valence-corrected chi connectivity index (χ1v) is 10.3. The van der Waals surface area contributed by atoms with E-state index < -0.39 is 11.8 Å². The van der Waals surface area contributed by atoms with E-state index >= 15 is 0 Å². The minimum atomic E-state index is -0.504. The SMILES string of the molecule is Cc1ccccc1C(=O)Nc1ccc(C(=O)NNC(=S)NC(=O)c2ccccc2Cl)cc1. The van der Waals surface area contributed by atoms with Crippen molar-refractivity contribution in [1.29, 1.82) is 0 Å². The molecule has 0 aliphatic rings. The van der Waals surface area contributed by atoms with Crippen LogP contribution < -0.4 is 21.5 Å². The average Bonchev–Trinajstić information content (AvgIpc) is 2.78. The van der Waals surface area contributed by atoms with E-state index in [2.05, 4.69) is 21.5 Å². The minimum Gasteiger partial charge on any atom is -0.322 e. The Hall–Kier alpha value is -3.75. The van der Waals surface area contributed by atoms with Crippen LogP contribution in [0.2, 0.25) is 5.02 Å². The number of hydrogen-bond acceptors (Lipinski definition) is 4. The molecule has 0 spiro atoms. The fraction of sp³-hybridized carbons (Fsp3) is 0.0435. The van der Waals surface area contributed by atoms with Crippen molar-refractivity contribution in [1.82, 2.24) is 16.2 Å². The van der Waals surface area contributed by atoms with Crippen molar-refractivity contribution in [2.75, 3.05) is 5.32 Å². The van der Waals surface area contributed by atoms with Crippen LogP contribution in [0.4, 0.5) is 5.69 Å². The van der Waals surface area contributed by atoms with Crippen LogP contribution in [0.1, 0.15) is 36.6 Å². The monoisotopic (exact) mass is 466 g/mol. The second kappa shape index (κ2) is 10.5. The summed E-state index contributed by atoms with van der Waals surface area (Å²) in [6.07, 6.45) is 0. The number of thiocarbonyl (C=S) groups is 1. The van der Waals surface area contributed by atoms with Crippen LogP contribution in [0, 0.1) is 6.92 Å². The van der Waals surface area contributed by atoms with Crippen molar-refractivity contribution in [2.24, 2.45) is 0 Å². The molecule has 3 aromatic rings. The lowest BCUT2D eigenvalue weighted by atomic mass is 10.1. The maximum absolute atomic E-state index is 12.4. The van der Waals surface area contributed by atoms with E-state index in [4.69, 9.17) is 23.8 Å². The molecule has 0 fully saturated rings. The molecule has 3 amide bonds. The molecule has 3 aromatic carbocycles. The maximum Gasteiger partial charge on any atom is 0.269 e. The van der Waals surface area contributed by atoms with Gasteiger partial charge in [-0.2, -0.15) is 0 Å². The summed E-state index contributed by atoms with van der Waals surface area (Å²) in [4.78, 5) is 36.9. The van der Waals surface area contributed by atoms with E-state index in [-0.39, 0.29) is 21.6 Å². The number of hydrazine groups is 1. The van der Waals surface area contributed by atoms with Crippen LogP contribution in [0.5, 0.6) is 0 Å². The third kappa shape index (κ3) is 5.90. The zero-order valence-electron chi connectivity index (χ0n) is 16.9. The van der Waals surface area contributed by atoms with Gasteiger partial charge in [0.05, 0.1) is 10.6 Å². The van der Waals surface area contributed by atoms with Crippen molar-refractivity contribution in [3.05, 3.63) is 100 Å². The van der Waals surface area contributed by atoms with Crippen LogP contribution in [0.3, 0.4) is 0 Å². The standard InChI is InChI=1S/C23H19ClN4O3S/c1-14-6-2-3-7-17(14)21(30)25-16-12-10-15(11-13-16)20(29)27-28-23(32)26-22(31)18-8-4-5-9-19(18)24/h2-13H,1H3,(H,25,30)(H,27,29)(H2,26,28,31,32). The Morgan fingerprint density at radius 3 is 2.03 bits per heavy atom. The molecule has 0 unspecified atom stereocenters. The lowest BCUT2D eigenvalue weighted by Gasteiger charge is -2.12. The van der Waals surface area contributed by atoms with Crippen molar-refractivity contribution in [3.63, 3.8) is 0 Å². The number of benzene rings is 3. The second-order valence-corrected chi connectivity index (χ2v) is 7.50. The van der Waals surface area contributed by atoms with E-state index in [9.17, 15) is 14.4 Å². The number of amides is 3. The highest BCUT2D eigenvalue weighted by molar-refractivity contribution is 7.80. The van der Waals surface area contributed by atoms with Gasteiger partial charge in [-0.15, -0.1) is 0 Å². The fourth-order valence-corrected chi connectivity index (χ4v) is 3.13. The molecule has 0 atom stereocenters. The molecular formula is C23H19ClN4O3S. The highest BCUT2D eigenvalue weighted by Crippen LogP contribution is 2.15. The molecule has 0 saturated carbocycles. The van der Waals surface area contributed by atoms with Crippen molar-refractivity contribution >= 4 is 52.3 Å². The zero-order valence-corrected chi connectivity index (χ0v) is 18.5.